The molecule has 0 aromatic carbocycles. The first kappa shape index (κ1) is 6.90. The van der Waals surface area contributed by atoms with E-state index in [9.17, 15) is 0 Å². The molecular weight excluding hydrogens is 204 g/mol. The average molecular weight is 217 g/mol. The Morgan fingerprint density at radius 3 is 2.55 bits per heavy atom. The van der Waals surface area contributed by atoms with E-state index in [-0.39, 0.29) is 0 Å². The molecule has 0 N–H and O–H groups in total. The van der Waals surface area contributed by atoms with Crippen LogP contribution in [0.1, 0.15) is 13.3 Å². The van der Waals surface area contributed by atoms with Crippen molar-refractivity contribution in [1.82, 2.24) is 0 Å². The largest absolute Gasteiger partial charge is 0.378 e. The second-order valence-electron chi connectivity index (χ2n) is 4.08. The van der Waals surface area contributed by atoms with E-state index in [4.69, 9.17) is 4.74 Å². The molecule has 0 aliphatic heterocycles. The van der Waals surface area contributed by atoms with E-state index >= 15 is 0 Å². The van der Waals surface area contributed by atoms with Gasteiger partial charge in [-0.3, -0.25) is 0 Å². The van der Waals surface area contributed by atoms with Crippen LogP contribution in [-0.2, 0) is 4.74 Å². The summed E-state index contributed by atoms with van der Waals surface area (Å²) in [7, 11) is 0. The molecule has 0 radical (unpaired) electrons. The lowest BCUT2D eigenvalue weighted by molar-refractivity contribution is 0.0374. The number of halogens is 1. The molecule has 0 saturated heterocycles. The molecule has 6 atom stereocenters. The van der Waals surface area contributed by atoms with Gasteiger partial charge in [-0.1, -0.05) is 15.9 Å². The topological polar surface area (TPSA) is 9.23 Å². The van der Waals surface area contributed by atoms with Gasteiger partial charge in [0.05, 0.1) is 6.10 Å². The zero-order chi connectivity index (χ0) is 7.59. The quantitative estimate of drug-likeness (QED) is 0.643. The SMILES string of the molecule is CCO[C@@H]1[C@H]2C[C@@H]3[C@H]([C@@H]2Br)[C@@H]31. The first-order chi connectivity index (χ1) is 5.34. The van der Waals surface area contributed by atoms with E-state index in [1.807, 2.05) is 0 Å². The smallest absolute Gasteiger partial charge is 0.0648 e. The second kappa shape index (κ2) is 2.02. The van der Waals surface area contributed by atoms with E-state index < -0.39 is 0 Å². The van der Waals surface area contributed by atoms with Gasteiger partial charge in [0.25, 0.3) is 0 Å². The Bertz CT molecular complexity index is 194. The molecule has 4 saturated carbocycles. The Balaban J connectivity index is 1.81. The zero-order valence-corrected chi connectivity index (χ0v) is 8.25. The molecule has 0 unspecified atom stereocenters. The van der Waals surface area contributed by atoms with Crippen molar-refractivity contribution in [3.05, 3.63) is 0 Å². The highest BCUT2D eigenvalue weighted by Crippen LogP contribution is 2.73. The summed E-state index contributed by atoms with van der Waals surface area (Å²) < 4.78 is 5.75. The second-order valence-corrected chi connectivity index (χ2v) is 5.14. The molecule has 0 spiro atoms. The van der Waals surface area contributed by atoms with Crippen molar-refractivity contribution in [2.75, 3.05) is 6.61 Å². The summed E-state index contributed by atoms with van der Waals surface area (Å²) in [6, 6.07) is 0. The number of rotatable bonds is 2. The van der Waals surface area contributed by atoms with Gasteiger partial charge in [-0.25, -0.2) is 0 Å². The number of alkyl halides is 1. The molecule has 0 aromatic rings. The van der Waals surface area contributed by atoms with Gasteiger partial charge in [-0.15, -0.1) is 0 Å². The van der Waals surface area contributed by atoms with Crippen LogP contribution in [0.2, 0.25) is 0 Å². The summed E-state index contributed by atoms with van der Waals surface area (Å²) in [5.41, 5.74) is 0. The molecule has 0 heterocycles. The number of hydrogen-bond donors (Lipinski definition) is 0. The van der Waals surface area contributed by atoms with Crippen molar-refractivity contribution >= 4 is 15.9 Å². The van der Waals surface area contributed by atoms with Crippen LogP contribution >= 0.6 is 15.9 Å². The summed E-state index contributed by atoms with van der Waals surface area (Å²) in [6.07, 6.45) is 2.06. The maximum atomic E-state index is 5.75. The maximum absolute atomic E-state index is 5.75. The zero-order valence-electron chi connectivity index (χ0n) is 6.66. The third-order valence-corrected chi connectivity index (χ3v) is 5.06. The Hall–Kier alpha value is 0.440. The molecule has 62 valence electrons. The van der Waals surface area contributed by atoms with E-state index in [1.165, 1.54) is 6.42 Å². The summed E-state index contributed by atoms with van der Waals surface area (Å²) in [4.78, 5) is 0.800. The number of hydrogen-bond acceptors (Lipinski definition) is 1. The maximum Gasteiger partial charge on any atom is 0.0648 e. The summed E-state index contributed by atoms with van der Waals surface area (Å²) in [5, 5.41) is 0. The molecule has 11 heavy (non-hydrogen) atoms. The Morgan fingerprint density at radius 1 is 1.36 bits per heavy atom. The molecule has 2 heteroatoms. The van der Waals surface area contributed by atoms with Gasteiger partial charge in [0.15, 0.2) is 0 Å². The molecular formula is C9H13BrO. The molecule has 4 aliphatic rings. The van der Waals surface area contributed by atoms with Gasteiger partial charge in [0.2, 0.25) is 0 Å². The van der Waals surface area contributed by atoms with Gasteiger partial charge in [-0.05, 0) is 37.0 Å². The fourth-order valence-electron chi connectivity index (χ4n) is 3.41. The predicted molar refractivity (Wildman–Crippen MR) is 46.7 cm³/mol. The highest BCUT2D eigenvalue weighted by molar-refractivity contribution is 9.09. The Kier molecular flexibility index (Phi) is 1.27. The fourth-order valence-corrected chi connectivity index (χ4v) is 4.67. The molecule has 4 bridgehead atoms. The summed E-state index contributed by atoms with van der Waals surface area (Å²) in [5.74, 6) is 3.84. The van der Waals surface area contributed by atoms with Crippen LogP contribution < -0.4 is 0 Å². The van der Waals surface area contributed by atoms with E-state index in [2.05, 4.69) is 22.9 Å². The minimum absolute atomic E-state index is 0.624. The Morgan fingerprint density at radius 2 is 2.18 bits per heavy atom. The molecule has 4 rings (SSSR count). The molecule has 0 amide bonds. The third-order valence-electron chi connectivity index (χ3n) is 3.77. The van der Waals surface area contributed by atoms with Crippen LogP contribution in [0.5, 0.6) is 0 Å². The lowest BCUT2D eigenvalue weighted by atomic mass is 10.1. The fraction of sp³-hybridized carbons (Fsp3) is 1.00. The van der Waals surface area contributed by atoms with Gasteiger partial charge in [0.1, 0.15) is 0 Å². The van der Waals surface area contributed by atoms with Crippen LogP contribution in [0.4, 0.5) is 0 Å². The molecule has 1 nitrogen and oxygen atoms in total. The summed E-state index contributed by atoms with van der Waals surface area (Å²) >= 11 is 3.78. The van der Waals surface area contributed by atoms with Crippen molar-refractivity contribution in [3.63, 3.8) is 0 Å². The van der Waals surface area contributed by atoms with Crippen molar-refractivity contribution in [1.29, 1.82) is 0 Å². The van der Waals surface area contributed by atoms with E-state index in [0.717, 1.165) is 35.1 Å². The minimum atomic E-state index is 0.624. The van der Waals surface area contributed by atoms with Gasteiger partial charge < -0.3 is 4.74 Å². The van der Waals surface area contributed by atoms with Crippen molar-refractivity contribution < 1.29 is 4.74 Å². The van der Waals surface area contributed by atoms with E-state index in [0.29, 0.717) is 6.10 Å². The van der Waals surface area contributed by atoms with Crippen LogP contribution in [-0.4, -0.2) is 17.5 Å². The van der Waals surface area contributed by atoms with Crippen molar-refractivity contribution in [2.24, 2.45) is 23.7 Å². The number of ether oxygens (including phenoxy) is 1. The molecule has 0 aromatic heterocycles. The first-order valence-corrected chi connectivity index (χ1v) is 5.52. The van der Waals surface area contributed by atoms with Crippen LogP contribution in [0.15, 0.2) is 0 Å². The Labute approximate surface area is 75.6 Å². The van der Waals surface area contributed by atoms with Crippen LogP contribution in [0.25, 0.3) is 0 Å². The molecule has 4 aliphatic carbocycles. The summed E-state index contributed by atoms with van der Waals surface area (Å²) in [6.45, 7) is 3.01. The standard InChI is InChI=1S/C9H13BrO/c1-2-11-9-5-3-4-6(7(4)9)8(5)10/h4-9H,2-3H2,1H3/t4-,5+,6+,7-,8-,9-/m1/s1. The first-order valence-electron chi connectivity index (χ1n) is 4.60. The highest BCUT2D eigenvalue weighted by atomic mass is 79.9. The highest BCUT2D eigenvalue weighted by Gasteiger charge is 2.73. The van der Waals surface area contributed by atoms with Gasteiger partial charge >= 0.3 is 0 Å². The van der Waals surface area contributed by atoms with Gasteiger partial charge in [0, 0.05) is 11.4 Å². The lowest BCUT2D eigenvalue weighted by Gasteiger charge is -2.16. The predicted octanol–water partition coefficient (Wildman–Crippen LogP) is 2.05. The third kappa shape index (κ3) is 0.665. The van der Waals surface area contributed by atoms with Crippen LogP contribution in [0, 0.1) is 23.7 Å². The monoisotopic (exact) mass is 216 g/mol. The molecule has 4 fully saturated rings. The van der Waals surface area contributed by atoms with Crippen molar-refractivity contribution in [2.45, 2.75) is 24.3 Å². The minimum Gasteiger partial charge on any atom is -0.378 e. The average Bonchev–Trinajstić information content (AvgIpc) is 2.36. The normalized spacial score (nSPS) is 63.8. The van der Waals surface area contributed by atoms with Crippen molar-refractivity contribution in [3.8, 4) is 0 Å². The van der Waals surface area contributed by atoms with Crippen LogP contribution in [0.3, 0.4) is 0 Å². The lowest BCUT2D eigenvalue weighted by Crippen LogP contribution is -2.20. The van der Waals surface area contributed by atoms with E-state index in [1.54, 1.807) is 0 Å². The van der Waals surface area contributed by atoms with Gasteiger partial charge in [-0.2, -0.15) is 0 Å².